The number of ether oxygens (including phenoxy) is 2. The van der Waals surface area contributed by atoms with Gasteiger partial charge in [-0.3, -0.25) is 9.59 Å². The molecular weight excluding hydrogens is 490 g/mol. The van der Waals surface area contributed by atoms with Gasteiger partial charge in [0.15, 0.2) is 0 Å². The number of aryl methyl sites for hydroxylation is 1. The first-order chi connectivity index (χ1) is 18.7. The van der Waals surface area contributed by atoms with E-state index in [1.165, 1.54) is 0 Å². The van der Waals surface area contributed by atoms with E-state index in [0.29, 0.717) is 45.5 Å². The Kier molecular flexibility index (Phi) is 11.2. The molecule has 0 fully saturated rings. The van der Waals surface area contributed by atoms with Crippen molar-refractivity contribution in [1.82, 2.24) is 14.4 Å². The van der Waals surface area contributed by atoms with Gasteiger partial charge in [-0.05, 0) is 69.0 Å². The Morgan fingerprint density at radius 3 is 2.33 bits per heavy atom. The lowest BCUT2D eigenvalue weighted by Gasteiger charge is -2.37. The topological polar surface area (TPSA) is 64.0 Å². The van der Waals surface area contributed by atoms with E-state index >= 15 is 0 Å². The molecular formula is C32H43N3O4. The zero-order valence-corrected chi connectivity index (χ0v) is 24.1. The minimum atomic E-state index is -0.423. The molecule has 39 heavy (non-hydrogen) atoms. The third kappa shape index (κ3) is 9.29. The van der Waals surface area contributed by atoms with Crippen LogP contribution in [0.2, 0.25) is 0 Å². The average Bonchev–Trinajstić information content (AvgIpc) is 3.36. The lowest BCUT2D eigenvalue weighted by molar-refractivity contribution is -0.144. The first kappa shape index (κ1) is 30.0. The van der Waals surface area contributed by atoms with Crippen LogP contribution in [0.15, 0.2) is 72.9 Å². The lowest BCUT2D eigenvalue weighted by atomic mass is 10.0. The van der Waals surface area contributed by atoms with Crippen molar-refractivity contribution in [3.05, 3.63) is 89.7 Å². The number of methoxy groups -OCH3 is 2. The molecule has 3 rings (SSSR count). The van der Waals surface area contributed by atoms with Gasteiger partial charge in [0.2, 0.25) is 11.8 Å². The van der Waals surface area contributed by atoms with Crippen molar-refractivity contribution < 1.29 is 19.1 Å². The summed E-state index contributed by atoms with van der Waals surface area (Å²) < 4.78 is 12.7. The van der Waals surface area contributed by atoms with Gasteiger partial charge in [0.25, 0.3) is 0 Å². The van der Waals surface area contributed by atoms with Crippen molar-refractivity contribution in [2.75, 3.05) is 33.9 Å². The highest BCUT2D eigenvalue weighted by atomic mass is 16.5. The molecule has 1 heterocycles. The largest absolute Gasteiger partial charge is 0.497 e. The summed E-state index contributed by atoms with van der Waals surface area (Å²) in [5.74, 6) is 0.735. The van der Waals surface area contributed by atoms with Crippen LogP contribution in [0.3, 0.4) is 0 Å². The molecule has 7 heteroatoms. The van der Waals surface area contributed by atoms with Gasteiger partial charge in [-0.2, -0.15) is 0 Å². The van der Waals surface area contributed by atoms with Crippen LogP contribution in [0.1, 0.15) is 50.4 Å². The summed E-state index contributed by atoms with van der Waals surface area (Å²) in [6.07, 6.45) is 3.72. The summed E-state index contributed by atoms with van der Waals surface area (Å²) in [6.45, 7) is 8.29. The second kappa shape index (κ2) is 14.5. The van der Waals surface area contributed by atoms with E-state index in [2.05, 4.69) is 10.6 Å². The third-order valence-corrected chi connectivity index (χ3v) is 6.77. The van der Waals surface area contributed by atoms with Crippen LogP contribution in [0.25, 0.3) is 0 Å². The minimum Gasteiger partial charge on any atom is -0.497 e. The van der Waals surface area contributed by atoms with Gasteiger partial charge in [-0.1, -0.05) is 42.5 Å². The fraction of sp³-hybridized carbons (Fsp3) is 0.438. The summed E-state index contributed by atoms with van der Waals surface area (Å²) in [5.41, 5.74) is 2.84. The maximum atomic E-state index is 13.8. The monoisotopic (exact) mass is 533 g/mol. The zero-order chi connectivity index (χ0) is 28.3. The van der Waals surface area contributed by atoms with E-state index in [0.717, 1.165) is 22.6 Å². The molecule has 0 aliphatic rings. The number of aromatic nitrogens is 1. The summed E-state index contributed by atoms with van der Waals surface area (Å²) in [4.78, 5) is 30.6. The van der Waals surface area contributed by atoms with Crippen molar-refractivity contribution >= 4 is 11.8 Å². The van der Waals surface area contributed by atoms with Gasteiger partial charge < -0.3 is 23.8 Å². The Hall–Kier alpha value is -3.58. The normalized spacial score (nSPS) is 11.3. The molecule has 0 radical (unpaired) electrons. The maximum absolute atomic E-state index is 13.8. The number of hydrogen-bond donors (Lipinski definition) is 0. The number of carbonyl (C=O) groups excluding carboxylic acids is 2. The van der Waals surface area contributed by atoms with Gasteiger partial charge in [0.05, 0.1) is 20.2 Å². The fourth-order valence-corrected chi connectivity index (χ4v) is 4.57. The number of benzene rings is 2. The Morgan fingerprint density at radius 1 is 0.897 bits per heavy atom. The average molecular weight is 534 g/mol. The molecule has 3 aromatic rings. The van der Waals surface area contributed by atoms with E-state index in [1.807, 2.05) is 92.5 Å². The van der Waals surface area contributed by atoms with Gasteiger partial charge in [-0.25, -0.2) is 0 Å². The van der Waals surface area contributed by atoms with Gasteiger partial charge in [-0.15, -0.1) is 0 Å². The third-order valence-electron chi connectivity index (χ3n) is 6.77. The first-order valence-electron chi connectivity index (χ1n) is 13.6. The van der Waals surface area contributed by atoms with Crippen LogP contribution in [-0.4, -0.2) is 65.6 Å². The lowest BCUT2D eigenvalue weighted by Crippen LogP contribution is -2.50. The second-order valence-electron chi connectivity index (χ2n) is 10.8. The molecule has 7 nitrogen and oxygen atoms in total. The molecule has 2 amide bonds. The van der Waals surface area contributed by atoms with Crippen molar-refractivity contribution in [3.8, 4) is 5.75 Å². The number of carbonyl (C=O) groups is 2. The van der Waals surface area contributed by atoms with Crippen LogP contribution in [0.4, 0.5) is 0 Å². The highest BCUT2D eigenvalue weighted by Crippen LogP contribution is 2.21. The Labute approximate surface area is 233 Å². The van der Waals surface area contributed by atoms with E-state index in [-0.39, 0.29) is 18.4 Å². The quantitative estimate of drug-likeness (QED) is 0.268. The SMILES string of the molecule is COCCCN(CC(=O)N(Cc1cccn1Cc1cccc(OC)c1)C(C)(C)C)C(=O)CCc1ccccc1. The van der Waals surface area contributed by atoms with Crippen LogP contribution >= 0.6 is 0 Å². The zero-order valence-electron chi connectivity index (χ0n) is 24.1. The summed E-state index contributed by atoms with van der Waals surface area (Å²) in [5, 5.41) is 0. The van der Waals surface area contributed by atoms with Crippen molar-refractivity contribution in [3.63, 3.8) is 0 Å². The second-order valence-corrected chi connectivity index (χ2v) is 10.8. The Bertz CT molecular complexity index is 1180. The van der Waals surface area contributed by atoms with Crippen LogP contribution in [0, 0.1) is 0 Å². The highest BCUT2D eigenvalue weighted by Gasteiger charge is 2.29. The van der Waals surface area contributed by atoms with Crippen molar-refractivity contribution in [2.24, 2.45) is 0 Å². The summed E-state index contributed by atoms with van der Waals surface area (Å²) >= 11 is 0. The smallest absolute Gasteiger partial charge is 0.242 e. The van der Waals surface area contributed by atoms with E-state index in [1.54, 1.807) is 19.1 Å². The predicted octanol–water partition coefficient (Wildman–Crippen LogP) is 5.17. The Morgan fingerprint density at radius 2 is 1.64 bits per heavy atom. The van der Waals surface area contributed by atoms with Crippen LogP contribution in [0.5, 0.6) is 5.75 Å². The molecule has 0 N–H and O–H groups in total. The summed E-state index contributed by atoms with van der Waals surface area (Å²) in [6, 6.07) is 22.0. The van der Waals surface area contributed by atoms with Gasteiger partial charge >= 0.3 is 0 Å². The van der Waals surface area contributed by atoms with Crippen molar-refractivity contribution in [2.45, 2.75) is 58.7 Å². The molecule has 0 spiro atoms. The number of rotatable bonds is 14. The van der Waals surface area contributed by atoms with Crippen LogP contribution < -0.4 is 4.74 Å². The first-order valence-corrected chi connectivity index (χ1v) is 13.6. The number of hydrogen-bond acceptors (Lipinski definition) is 4. The molecule has 0 bridgehead atoms. The molecule has 0 saturated carbocycles. The summed E-state index contributed by atoms with van der Waals surface area (Å²) in [7, 11) is 3.31. The molecule has 0 saturated heterocycles. The molecule has 0 aliphatic carbocycles. The molecule has 210 valence electrons. The molecule has 0 aliphatic heterocycles. The highest BCUT2D eigenvalue weighted by molar-refractivity contribution is 5.85. The number of amides is 2. The molecule has 2 aromatic carbocycles. The fourth-order valence-electron chi connectivity index (χ4n) is 4.57. The van der Waals surface area contributed by atoms with E-state index < -0.39 is 5.54 Å². The standard InChI is InChI=1S/C32H43N3O4/c1-32(2,3)35(24-28-15-10-19-33(28)23-27-14-9-16-29(22-27)39-5)31(37)25-34(20-11-21-38-4)30(36)18-17-26-12-7-6-8-13-26/h6-10,12-16,19,22H,11,17-18,20-21,23-25H2,1-5H3. The van der Waals surface area contributed by atoms with Gasteiger partial charge in [0.1, 0.15) is 5.75 Å². The van der Waals surface area contributed by atoms with Gasteiger partial charge in [0, 0.05) is 50.7 Å². The molecule has 0 atom stereocenters. The molecule has 1 aromatic heterocycles. The van der Waals surface area contributed by atoms with Crippen molar-refractivity contribution in [1.29, 1.82) is 0 Å². The van der Waals surface area contributed by atoms with Crippen LogP contribution in [-0.2, 0) is 33.8 Å². The molecule has 0 unspecified atom stereocenters. The number of nitrogens with zero attached hydrogens (tertiary/aromatic N) is 3. The van der Waals surface area contributed by atoms with E-state index in [9.17, 15) is 9.59 Å². The minimum absolute atomic E-state index is 0.0152. The predicted molar refractivity (Wildman–Crippen MR) is 155 cm³/mol. The Balaban J connectivity index is 1.73. The maximum Gasteiger partial charge on any atom is 0.242 e. The van der Waals surface area contributed by atoms with E-state index in [4.69, 9.17) is 9.47 Å².